The summed E-state index contributed by atoms with van der Waals surface area (Å²) in [6, 6.07) is -0.295. The monoisotopic (exact) mass is 489 g/mol. The molecule has 0 unspecified atom stereocenters. The first kappa shape index (κ1) is 21.4. The van der Waals surface area contributed by atoms with E-state index in [1.807, 2.05) is 6.92 Å². The van der Waals surface area contributed by atoms with Crippen LogP contribution in [0, 0.1) is 11.2 Å². The minimum atomic E-state index is -1.72. The minimum absolute atomic E-state index is 0.104. The van der Waals surface area contributed by atoms with Gasteiger partial charge in [-0.1, -0.05) is 16.9 Å². The summed E-state index contributed by atoms with van der Waals surface area (Å²) in [4.78, 5) is 53.8. The van der Waals surface area contributed by atoms with Crippen LogP contribution < -0.4 is 20.4 Å². The van der Waals surface area contributed by atoms with Gasteiger partial charge in [0.2, 0.25) is 17.4 Å². The number of benzene rings is 1. The molecule has 1 spiro atoms. The molecule has 5 amide bonds. The molecule has 2 N–H and O–H groups in total. The van der Waals surface area contributed by atoms with E-state index in [0.717, 1.165) is 11.8 Å². The highest BCUT2D eigenvalue weighted by Gasteiger charge is 2.63. The number of fused-ring (bicyclic) bond motifs is 5. The molecule has 34 heavy (non-hydrogen) atoms. The van der Waals surface area contributed by atoms with E-state index in [1.165, 1.54) is 4.90 Å². The molecule has 13 heteroatoms. The first-order chi connectivity index (χ1) is 16.2. The van der Waals surface area contributed by atoms with Crippen molar-refractivity contribution in [2.75, 3.05) is 28.7 Å². The SMILES string of the molecule is C[C@@H]1OCCN2c3c(cc4c(N5C(=O)SC[C@H]5C)noc4c3F)CC3(C(=O)NC(=O)NC3=O)[C@@H]12. The van der Waals surface area contributed by atoms with E-state index in [4.69, 9.17) is 9.26 Å². The topological polar surface area (TPSA) is 134 Å². The Morgan fingerprint density at radius 1 is 1.21 bits per heavy atom. The third kappa shape index (κ3) is 2.64. The lowest BCUT2D eigenvalue weighted by Crippen LogP contribution is -2.74. The number of carbonyl (C=O) groups excluding carboxylic acids is 4. The summed E-state index contributed by atoms with van der Waals surface area (Å²) < 4.78 is 27.1. The molecule has 2 aromatic rings. The van der Waals surface area contributed by atoms with Gasteiger partial charge in [-0.25, -0.2) is 9.18 Å². The third-order valence-corrected chi connectivity index (χ3v) is 8.16. The highest BCUT2D eigenvalue weighted by Crippen LogP contribution is 2.49. The zero-order valence-corrected chi connectivity index (χ0v) is 19.0. The Bertz CT molecular complexity index is 1280. The highest BCUT2D eigenvalue weighted by atomic mass is 32.2. The first-order valence-corrected chi connectivity index (χ1v) is 11.8. The number of hydrogen-bond acceptors (Lipinski definition) is 9. The Morgan fingerprint density at radius 3 is 2.62 bits per heavy atom. The lowest BCUT2D eigenvalue weighted by molar-refractivity contribution is -0.151. The van der Waals surface area contributed by atoms with Crippen LogP contribution in [0.4, 0.5) is 25.5 Å². The maximum absolute atomic E-state index is 16.0. The molecule has 3 saturated heterocycles. The fourth-order valence-electron chi connectivity index (χ4n) is 5.63. The van der Waals surface area contributed by atoms with E-state index < -0.39 is 41.2 Å². The van der Waals surface area contributed by atoms with Crippen LogP contribution in [0.2, 0.25) is 0 Å². The molecular weight excluding hydrogens is 469 g/mol. The lowest BCUT2D eigenvalue weighted by atomic mass is 9.66. The Morgan fingerprint density at radius 2 is 1.94 bits per heavy atom. The molecule has 3 fully saturated rings. The Kier molecular flexibility index (Phi) is 4.49. The fourth-order valence-corrected chi connectivity index (χ4v) is 6.57. The van der Waals surface area contributed by atoms with Gasteiger partial charge in [-0.3, -0.25) is 29.9 Å². The summed E-state index contributed by atoms with van der Waals surface area (Å²) in [7, 11) is 0. The zero-order valence-electron chi connectivity index (χ0n) is 18.2. The number of morpholine rings is 1. The number of carbonyl (C=O) groups is 4. The normalized spacial score (nSPS) is 28.3. The number of halogens is 1. The van der Waals surface area contributed by atoms with Gasteiger partial charge in [0, 0.05) is 24.8 Å². The minimum Gasteiger partial charge on any atom is -0.374 e. The van der Waals surface area contributed by atoms with Gasteiger partial charge in [0.15, 0.2) is 17.1 Å². The Labute approximate surface area is 196 Å². The van der Waals surface area contributed by atoms with Crippen molar-refractivity contribution < 1.29 is 32.8 Å². The second kappa shape index (κ2) is 7.15. The Balaban J connectivity index is 1.58. The highest BCUT2D eigenvalue weighted by molar-refractivity contribution is 8.14. The van der Waals surface area contributed by atoms with E-state index in [0.29, 0.717) is 11.3 Å². The summed E-state index contributed by atoms with van der Waals surface area (Å²) in [6.07, 6.45) is -0.773. The molecule has 11 nitrogen and oxygen atoms in total. The molecule has 1 aromatic carbocycles. The van der Waals surface area contributed by atoms with Crippen molar-refractivity contribution in [1.82, 2.24) is 15.8 Å². The van der Waals surface area contributed by atoms with Crippen LogP contribution in [-0.2, 0) is 20.7 Å². The predicted octanol–water partition coefficient (Wildman–Crippen LogP) is 1.53. The molecule has 178 valence electrons. The summed E-state index contributed by atoms with van der Waals surface area (Å²) in [6.45, 7) is 4.04. The number of amides is 5. The van der Waals surface area contributed by atoms with Gasteiger partial charge in [0.05, 0.1) is 29.8 Å². The average Bonchev–Trinajstić information content (AvgIpc) is 3.34. The predicted molar refractivity (Wildman–Crippen MR) is 118 cm³/mol. The van der Waals surface area contributed by atoms with Crippen molar-refractivity contribution in [2.24, 2.45) is 5.41 Å². The zero-order chi connectivity index (χ0) is 23.9. The number of thioether (sulfide) groups is 1. The van der Waals surface area contributed by atoms with Crippen LogP contribution in [0.5, 0.6) is 0 Å². The third-order valence-electron chi connectivity index (χ3n) is 7.07. The number of anilines is 2. The van der Waals surface area contributed by atoms with Crippen LogP contribution in [0.15, 0.2) is 10.6 Å². The molecule has 3 atom stereocenters. The van der Waals surface area contributed by atoms with E-state index >= 15 is 4.39 Å². The number of rotatable bonds is 1. The summed E-state index contributed by atoms with van der Waals surface area (Å²) >= 11 is 1.14. The van der Waals surface area contributed by atoms with Crippen molar-refractivity contribution in [3.8, 4) is 0 Å². The number of hydrogen-bond donors (Lipinski definition) is 2. The summed E-state index contributed by atoms with van der Waals surface area (Å²) in [5, 5.41) is 8.46. The van der Waals surface area contributed by atoms with Gasteiger partial charge in [0.25, 0.3) is 5.24 Å². The Hall–Kier alpha value is -3.19. The summed E-state index contributed by atoms with van der Waals surface area (Å²) in [5.41, 5.74) is -1.24. The molecule has 0 bridgehead atoms. The molecule has 1 aromatic heterocycles. The number of nitrogens with zero attached hydrogens (tertiary/aromatic N) is 3. The van der Waals surface area contributed by atoms with Gasteiger partial charge < -0.3 is 14.2 Å². The van der Waals surface area contributed by atoms with Crippen LogP contribution in [-0.4, -0.2) is 65.3 Å². The maximum atomic E-state index is 16.0. The first-order valence-electron chi connectivity index (χ1n) is 10.9. The quantitative estimate of drug-likeness (QED) is 0.572. The number of imide groups is 2. The number of nitrogens with one attached hydrogen (secondary N) is 2. The molecular formula is C21H20FN5O6S. The molecule has 6 rings (SSSR count). The van der Waals surface area contributed by atoms with Gasteiger partial charge in [0.1, 0.15) is 0 Å². The van der Waals surface area contributed by atoms with Gasteiger partial charge in [-0.2, -0.15) is 0 Å². The van der Waals surface area contributed by atoms with Crippen LogP contribution >= 0.6 is 11.8 Å². The van der Waals surface area contributed by atoms with Crippen LogP contribution in [0.1, 0.15) is 19.4 Å². The van der Waals surface area contributed by atoms with Crippen molar-refractivity contribution in [2.45, 2.75) is 38.5 Å². The van der Waals surface area contributed by atoms with E-state index in [2.05, 4.69) is 15.8 Å². The van der Waals surface area contributed by atoms with Gasteiger partial charge in [-0.05, 0) is 25.5 Å². The standard InChI is InChI=1S/C21H20FN5O6S/c1-8-7-34-20(31)27(8)16-11-5-10-6-21(17(28)23-19(30)24-18(21)29)15-9(2)32-4-3-26(15)13(10)12(22)14(11)33-25-16/h5,8-9,15H,3-4,6-7H2,1-2H3,(H2,23,24,28,29,30)/t8-,9+,15-/m1/s1. The van der Waals surface area contributed by atoms with Crippen LogP contribution in [0.3, 0.4) is 0 Å². The van der Waals surface area contributed by atoms with Crippen molar-refractivity contribution in [1.29, 1.82) is 0 Å². The van der Waals surface area contributed by atoms with Gasteiger partial charge in [-0.15, -0.1) is 0 Å². The lowest BCUT2D eigenvalue weighted by Gasteiger charge is -2.54. The molecule has 0 aliphatic carbocycles. The molecule has 4 aliphatic rings. The van der Waals surface area contributed by atoms with E-state index in [-0.39, 0.29) is 53.3 Å². The number of barbiturate groups is 1. The fraction of sp³-hybridized carbons (Fsp3) is 0.476. The number of aromatic nitrogens is 1. The molecule has 0 radical (unpaired) electrons. The van der Waals surface area contributed by atoms with E-state index in [9.17, 15) is 19.2 Å². The second-order valence-corrected chi connectivity index (χ2v) is 9.95. The van der Waals surface area contributed by atoms with Crippen molar-refractivity contribution in [3.05, 3.63) is 17.4 Å². The van der Waals surface area contributed by atoms with Gasteiger partial charge >= 0.3 is 6.03 Å². The molecule has 5 heterocycles. The second-order valence-electron chi connectivity index (χ2n) is 8.98. The number of ether oxygens (including phenoxy) is 1. The molecule has 0 saturated carbocycles. The van der Waals surface area contributed by atoms with E-state index in [1.54, 1.807) is 17.9 Å². The smallest absolute Gasteiger partial charge is 0.328 e. The van der Waals surface area contributed by atoms with Crippen LogP contribution in [0.25, 0.3) is 11.0 Å². The largest absolute Gasteiger partial charge is 0.374 e. The molecule has 4 aliphatic heterocycles. The van der Waals surface area contributed by atoms with Crippen molar-refractivity contribution in [3.63, 3.8) is 0 Å². The summed E-state index contributed by atoms with van der Waals surface area (Å²) in [5.74, 6) is -1.45. The average molecular weight is 489 g/mol. The number of urea groups is 1. The maximum Gasteiger partial charge on any atom is 0.328 e. The van der Waals surface area contributed by atoms with Crippen molar-refractivity contribution >= 4 is 57.3 Å².